The van der Waals surface area contributed by atoms with E-state index in [9.17, 15) is 8.42 Å². The summed E-state index contributed by atoms with van der Waals surface area (Å²) in [6, 6.07) is 8.24. The Morgan fingerprint density at radius 1 is 1.20 bits per heavy atom. The first kappa shape index (κ1) is 14.3. The van der Waals surface area contributed by atoms with Crippen LogP contribution in [0, 0.1) is 6.92 Å². The fourth-order valence-corrected chi connectivity index (χ4v) is 3.75. The van der Waals surface area contributed by atoms with Crippen molar-refractivity contribution in [3.05, 3.63) is 48.3 Å². The SMILES string of the molecule is CCN(c1ccncc1)S(=O)(=O)c1cc(N)ccc1C. The molecule has 1 heterocycles. The van der Waals surface area contributed by atoms with Gasteiger partial charge in [0.05, 0.1) is 10.6 Å². The van der Waals surface area contributed by atoms with E-state index in [0.29, 0.717) is 23.5 Å². The molecule has 0 aliphatic rings. The lowest BCUT2D eigenvalue weighted by molar-refractivity contribution is 0.591. The van der Waals surface area contributed by atoms with Crippen LogP contribution in [0.2, 0.25) is 0 Å². The predicted molar refractivity (Wildman–Crippen MR) is 80.0 cm³/mol. The topological polar surface area (TPSA) is 76.3 Å². The number of nitrogens with zero attached hydrogens (tertiary/aromatic N) is 2. The zero-order valence-corrected chi connectivity index (χ0v) is 12.3. The van der Waals surface area contributed by atoms with Gasteiger partial charge in [0.2, 0.25) is 0 Å². The van der Waals surface area contributed by atoms with Crippen molar-refractivity contribution in [1.82, 2.24) is 4.98 Å². The van der Waals surface area contributed by atoms with Gasteiger partial charge in [0.25, 0.3) is 10.0 Å². The van der Waals surface area contributed by atoms with Crippen LogP contribution in [0.5, 0.6) is 0 Å². The van der Waals surface area contributed by atoms with Gasteiger partial charge in [0.1, 0.15) is 0 Å². The van der Waals surface area contributed by atoms with Gasteiger partial charge in [-0.3, -0.25) is 9.29 Å². The average Bonchev–Trinajstić information content (AvgIpc) is 2.43. The van der Waals surface area contributed by atoms with Crippen molar-refractivity contribution in [2.45, 2.75) is 18.7 Å². The molecule has 2 aromatic rings. The third-order valence-corrected chi connectivity index (χ3v) is 5.06. The molecular weight excluding hydrogens is 274 g/mol. The first-order valence-corrected chi connectivity index (χ1v) is 7.69. The molecule has 0 spiro atoms. The van der Waals surface area contributed by atoms with Gasteiger partial charge in [-0.05, 0) is 43.7 Å². The molecule has 0 unspecified atom stereocenters. The highest BCUT2D eigenvalue weighted by Crippen LogP contribution is 2.26. The van der Waals surface area contributed by atoms with Gasteiger partial charge in [-0.25, -0.2) is 8.42 Å². The largest absolute Gasteiger partial charge is 0.399 e. The summed E-state index contributed by atoms with van der Waals surface area (Å²) in [5.74, 6) is 0. The summed E-state index contributed by atoms with van der Waals surface area (Å²) < 4.78 is 26.9. The molecule has 0 fully saturated rings. The molecule has 0 aliphatic heterocycles. The number of aromatic nitrogens is 1. The normalized spacial score (nSPS) is 11.3. The fourth-order valence-electron chi connectivity index (χ4n) is 2.01. The second-order valence-corrected chi connectivity index (χ2v) is 6.23. The summed E-state index contributed by atoms with van der Waals surface area (Å²) in [5, 5.41) is 0. The first-order valence-electron chi connectivity index (χ1n) is 6.25. The maximum atomic E-state index is 12.8. The molecule has 0 saturated heterocycles. The van der Waals surface area contributed by atoms with E-state index in [0.717, 1.165) is 0 Å². The molecule has 0 saturated carbocycles. The molecule has 1 aromatic heterocycles. The number of anilines is 2. The third-order valence-electron chi connectivity index (χ3n) is 3.02. The van der Waals surface area contributed by atoms with Crippen LogP contribution in [0.25, 0.3) is 0 Å². The molecule has 0 aliphatic carbocycles. The zero-order valence-electron chi connectivity index (χ0n) is 11.4. The van der Waals surface area contributed by atoms with E-state index in [2.05, 4.69) is 4.98 Å². The van der Waals surface area contributed by atoms with Crippen LogP contribution in [0.1, 0.15) is 12.5 Å². The Bertz CT molecular complexity index is 700. The highest BCUT2D eigenvalue weighted by Gasteiger charge is 2.25. The van der Waals surface area contributed by atoms with Crippen LogP contribution in [-0.4, -0.2) is 19.9 Å². The minimum Gasteiger partial charge on any atom is -0.399 e. The lowest BCUT2D eigenvalue weighted by Crippen LogP contribution is -2.31. The molecule has 0 bridgehead atoms. The Morgan fingerprint density at radius 3 is 2.45 bits per heavy atom. The van der Waals surface area contributed by atoms with Crippen molar-refractivity contribution in [1.29, 1.82) is 0 Å². The number of aryl methyl sites for hydroxylation is 1. The summed E-state index contributed by atoms with van der Waals surface area (Å²) in [4.78, 5) is 4.14. The monoisotopic (exact) mass is 291 g/mol. The molecule has 5 nitrogen and oxygen atoms in total. The van der Waals surface area contributed by atoms with E-state index >= 15 is 0 Å². The molecule has 2 N–H and O–H groups in total. The Labute approximate surface area is 119 Å². The minimum absolute atomic E-state index is 0.233. The van der Waals surface area contributed by atoms with Crippen molar-refractivity contribution in [3.8, 4) is 0 Å². The standard InChI is InChI=1S/C14H17N3O2S/c1-3-17(13-6-8-16-9-7-13)20(18,19)14-10-12(15)5-4-11(14)2/h4-10H,3,15H2,1-2H3. The van der Waals surface area contributed by atoms with Gasteiger partial charge >= 0.3 is 0 Å². The van der Waals surface area contributed by atoms with Crippen molar-refractivity contribution < 1.29 is 8.42 Å². The van der Waals surface area contributed by atoms with Crippen molar-refractivity contribution >= 4 is 21.4 Å². The summed E-state index contributed by atoms with van der Waals surface area (Å²) in [5.41, 5.74) is 7.40. The van der Waals surface area contributed by atoms with Gasteiger partial charge in [-0.15, -0.1) is 0 Å². The molecule has 0 radical (unpaired) electrons. The van der Waals surface area contributed by atoms with Crippen LogP contribution >= 0.6 is 0 Å². The van der Waals surface area contributed by atoms with E-state index < -0.39 is 10.0 Å². The summed E-state index contributed by atoms with van der Waals surface area (Å²) in [7, 11) is -3.63. The zero-order chi connectivity index (χ0) is 14.8. The summed E-state index contributed by atoms with van der Waals surface area (Å²) in [6.07, 6.45) is 3.14. The number of benzene rings is 1. The summed E-state index contributed by atoms with van der Waals surface area (Å²) in [6.45, 7) is 3.88. The molecule has 2 rings (SSSR count). The average molecular weight is 291 g/mol. The maximum absolute atomic E-state index is 12.8. The van der Waals surface area contributed by atoms with E-state index in [-0.39, 0.29) is 4.90 Å². The molecule has 6 heteroatoms. The molecule has 1 aromatic carbocycles. The molecule has 0 atom stereocenters. The molecule has 106 valence electrons. The number of rotatable bonds is 4. The lowest BCUT2D eigenvalue weighted by Gasteiger charge is -2.23. The molecular formula is C14H17N3O2S. The number of nitrogens with two attached hydrogens (primary N) is 1. The fraction of sp³-hybridized carbons (Fsp3) is 0.214. The summed E-state index contributed by atoms with van der Waals surface area (Å²) >= 11 is 0. The lowest BCUT2D eigenvalue weighted by atomic mass is 10.2. The van der Waals surface area contributed by atoms with E-state index in [1.807, 2.05) is 0 Å². The molecule has 0 amide bonds. The Hall–Kier alpha value is -2.08. The molecule has 20 heavy (non-hydrogen) atoms. The highest BCUT2D eigenvalue weighted by atomic mass is 32.2. The third kappa shape index (κ3) is 2.60. The van der Waals surface area contributed by atoms with Gasteiger partial charge in [0, 0.05) is 24.6 Å². The van der Waals surface area contributed by atoms with Crippen LogP contribution in [-0.2, 0) is 10.0 Å². The smallest absolute Gasteiger partial charge is 0.264 e. The number of pyridine rings is 1. The van der Waals surface area contributed by atoms with Crippen LogP contribution < -0.4 is 10.0 Å². The van der Waals surface area contributed by atoms with E-state index in [1.54, 1.807) is 50.5 Å². The second-order valence-electron chi connectivity index (χ2n) is 4.40. The van der Waals surface area contributed by atoms with Crippen LogP contribution in [0.4, 0.5) is 11.4 Å². The predicted octanol–water partition coefficient (Wildman–Crippen LogP) is 2.19. The quantitative estimate of drug-likeness (QED) is 0.876. The Balaban J connectivity index is 2.56. The Kier molecular flexibility index (Phi) is 3.94. The number of hydrogen-bond acceptors (Lipinski definition) is 4. The van der Waals surface area contributed by atoms with E-state index in [4.69, 9.17) is 5.73 Å². The van der Waals surface area contributed by atoms with Gasteiger partial charge in [0.15, 0.2) is 0 Å². The van der Waals surface area contributed by atoms with Gasteiger partial charge < -0.3 is 5.73 Å². The second kappa shape index (κ2) is 5.50. The number of nitrogen functional groups attached to an aromatic ring is 1. The number of hydrogen-bond donors (Lipinski definition) is 1. The minimum atomic E-state index is -3.63. The van der Waals surface area contributed by atoms with E-state index in [1.165, 1.54) is 10.4 Å². The first-order chi connectivity index (χ1) is 9.46. The van der Waals surface area contributed by atoms with Crippen molar-refractivity contribution in [2.75, 3.05) is 16.6 Å². The maximum Gasteiger partial charge on any atom is 0.264 e. The van der Waals surface area contributed by atoms with Crippen molar-refractivity contribution in [3.63, 3.8) is 0 Å². The highest BCUT2D eigenvalue weighted by molar-refractivity contribution is 7.92. The van der Waals surface area contributed by atoms with Crippen molar-refractivity contribution in [2.24, 2.45) is 0 Å². The Morgan fingerprint density at radius 2 is 1.85 bits per heavy atom. The number of sulfonamides is 1. The van der Waals surface area contributed by atoms with Gasteiger partial charge in [-0.1, -0.05) is 6.07 Å². The van der Waals surface area contributed by atoms with Crippen LogP contribution in [0.3, 0.4) is 0 Å². The van der Waals surface area contributed by atoms with Crippen LogP contribution in [0.15, 0.2) is 47.6 Å². The van der Waals surface area contributed by atoms with Gasteiger partial charge in [-0.2, -0.15) is 0 Å².